The van der Waals surface area contributed by atoms with Crippen molar-refractivity contribution in [2.24, 2.45) is 0 Å². The summed E-state index contributed by atoms with van der Waals surface area (Å²) >= 11 is 5.68. The molecule has 168 valence electrons. The Morgan fingerprint density at radius 3 is 2.45 bits per heavy atom. The second-order valence-corrected chi connectivity index (χ2v) is 8.02. The van der Waals surface area contributed by atoms with Crippen molar-refractivity contribution < 1.29 is 14.3 Å². The Bertz CT molecular complexity index is 1170. The highest BCUT2D eigenvalue weighted by Gasteiger charge is 2.47. The maximum Gasteiger partial charge on any atom is 0.237 e. The third kappa shape index (κ3) is 3.70. The van der Waals surface area contributed by atoms with Gasteiger partial charge in [-0.05, 0) is 36.4 Å². The minimum atomic E-state index is -0.682. The first-order valence-corrected chi connectivity index (χ1v) is 10.9. The van der Waals surface area contributed by atoms with Gasteiger partial charge in [0, 0.05) is 18.8 Å². The first-order valence-electron chi connectivity index (χ1n) is 10.4. The molecule has 2 N–H and O–H groups in total. The zero-order valence-corrected chi connectivity index (χ0v) is 18.3. The molecule has 1 amide bonds. The van der Waals surface area contributed by atoms with Crippen LogP contribution in [-0.4, -0.2) is 58.2 Å². The predicted molar refractivity (Wildman–Crippen MR) is 125 cm³/mol. The van der Waals surface area contributed by atoms with E-state index in [0.29, 0.717) is 30.3 Å². The fourth-order valence-corrected chi connectivity index (χ4v) is 4.37. The summed E-state index contributed by atoms with van der Waals surface area (Å²) in [6, 6.07) is 16.8. The average Bonchev–Trinajstić information content (AvgIpc) is 3.14. The number of benzene rings is 2. The number of ether oxygens (including phenoxy) is 1. The lowest BCUT2D eigenvalue weighted by molar-refractivity contribution is -0.132. The summed E-state index contributed by atoms with van der Waals surface area (Å²) in [5.41, 5.74) is 7.53. The number of halogens is 1. The van der Waals surface area contributed by atoms with E-state index in [-0.39, 0.29) is 23.6 Å². The van der Waals surface area contributed by atoms with Crippen molar-refractivity contribution in [2.75, 3.05) is 34.5 Å². The molecule has 0 radical (unpaired) electrons. The van der Waals surface area contributed by atoms with E-state index in [9.17, 15) is 9.59 Å². The highest BCUT2D eigenvalue weighted by atomic mass is 35.5. The maximum atomic E-state index is 12.3. The number of aromatic nitrogens is 2. The summed E-state index contributed by atoms with van der Waals surface area (Å²) in [6.07, 6.45) is 1.55. The molecule has 0 aliphatic carbocycles. The van der Waals surface area contributed by atoms with Gasteiger partial charge in [0.2, 0.25) is 5.91 Å². The smallest absolute Gasteiger partial charge is 0.237 e. The van der Waals surface area contributed by atoms with Crippen LogP contribution in [0.1, 0.15) is 0 Å². The third-order valence-electron chi connectivity index (χ3n) is 5.80. The molecule has 1 atom stereocenters. The summed E-state index contributed by atoms with van der Waals surface area (Å²) in [5.74, 6) is 2.02. The van der Waals surface area contributed by atoms with Crippen LogP contribution in [0.3, 0.4) is 0 Å². The van der Waals surface area contributed by atoms with Crippen molar-refractivity contribution in [3.63, 3.8) is 0 Å². The van der Waals surface area contributed by atoms with Gasteiger partial charge in [-0.3, -0.25) is 9.59 Å². The molecule has 0 saturated carbocycles. The number of aldehydes is 1. The quantitative estimate of drug-likeness (QED) is 0.438. The zero-order chi connectivity index (χ0) is 22.9. The van der Waals surface area contributed by atoms with E-state index in [0.717, 1.165) is 17.7 Å². The topological polar surface area (TPSA) is 105 Å². The van der Waals surface area contributed by atoms with Gasteiger partial charge in [-0.25, -0.2) is 9.97 Å². The Morgan fingerprint density at radius 1 is 1.09 bits per heavy atom. The highest BCUT2D eigenvalue weighted by molar-refractivity contribution is 6.27. The Hall–Kier alpha value is -3.85. The van der Waals surface area contributed by atoms with Crippen LogP contribution >= 0.6 is 11.6 Å². The lowest BCUT2D eigenvalue weighted by atomic mass is 10.1. The minimum Gasteiger partial charge on any atom is -0.457 e. The first kappa shape index (κ1) is 21.0. The molecule has 33 heavy (non-hydrogen) atoms. The molecular formula is C23H21ClN6O3. The zero-order valence-electron chi connectivity index (χ0n) is 17.5. The van der Waals surface area contributed by atoms with E-state index in [1.54, 1.807) is 4.90 Å². The number of nitrogens with two attached hydrogens (primary N) is 1. The van der Waals surface area contributed by atoms with Crippen LogP contribution in [0.25, 0.3) is 0 Å². The molecule has 2 aromatic carbocycles. The fraction of sp³-hybridized carbons (Fsp3) is 0.217. The number of carbonyl (C=O) groups is 2. The molecule has 3 aromatic rings. The lowest BCUT2D eigenvalue weighted by Crippen LogP contribution is -2.64. The molecule has 1 saturated heterocycles. The number of anilines is 4. The largest absolute Gasteiger partial charge is 0.457 e. The van der Waals surface area contributed by atoms with Gasteiger partial charge in [0.05, 0.1) is 6.04 Å². The number of rotatable bonds is 6. The van der Waals surface area contributed by atoms with Crippen molar-refractivity contribution in [3.8, 4) is 11.5 Å². The molecule has 2 aliphatic heterocycles. The standard InChI is InChI=1S/C23H21ClN6O3/c24-10-20(32)28-11-16(12-28)30-19(13-31)29(21-22(25)26-14-27-23(21)30)15-6-8-18(9-7-15)33-17-4-2-1-3-5-17/h1-9,13-14,16,19H,10-12H2,(H2,25,26,27). The number of para-hydroxylation sites is 1. The van der Waals surface area contributed by atoms with Crippen LogP contribution < -0.4 is 20.3 Å². The number of fused-ring (bicyclic) bond motifs is 1. The molecule has 3 heterocycles. The predicted octanol–water partition coefficient (Wildman–Crippen LogP) is 2.78. The first-order chi connectivity index (χ1) is 16.1. The molecule has 5 rings (SSSR count). The van der Waals surface area contributed by atoms with Crippen molar-refractivity contribution in [2.45, 2.75) is 12.2 Å². The Morgan fingerprint density at radius 2 is 1.79 bits per heavy atom. The lowest BCUT2D eigenvalue weighted by Gasteiger charge is -2.46. The highest BCUT2D eigenvalue weighted by Crippen LogP contribution is 2.47. The summed E-state index contributed by atoms with van der Waals surface area (Å²) in [6.45, 7) is 0.911. The fourth-order valence-electron chi connectivity index (χ4n) is 4.20. The van der Waals surface area contributed by atoms with E-state index >= 15 is 0 Å². The molecule has 0 spiro atoms. The van der Waals surface area contributed by atoms with Crippen molar-refractivity contribution in [1.29, 1.82) is 0 Å². The number of carbonyl (C=O) groups excluding carboxylic acids is 2. The van der Waals surface area contributed by atoms with Gasteiger partial charge in [0.25, 0.3) is 0 Å². The summed E-state index contributed by atoms with van der Waals surface area (Å²) in [7, 11) is 0. The summed E-state index contributed by atoms with van der Waals surface area (Å²) in [4.78, 5) is 38.1. The third-order valence-corrected chi connectivity index (χ3v) is 6.03. The van der Waals surface area contributed by atoms with E-state index in [1.807, 2.05) is 64.4 Å². The molecule has 2 aliphatic rings. The second kappa shape index (κ2) is 8.59. The molecule has 1 unspecified atom stereocenters. The van der Waals surface area contributed by atoms with Gasteiger partial charge < -0.3 is 25.2 Å². The molecule has 9 nitrogen and oxygen atoms in total. The van der Waals surface area contributed by atoms with Crippen LogP contribution in [0.2, 0.25) is 0 Å². The van der Waals surface area contributed by atoms with E-state index in [2.05, 4.69) is 9.97 Å². The number of nitrogens with zero attached hydrogens (tertiary/aromatic N) is 5. The monoisotopic (exact) mass is 464 g/mol. The number of hydrogen-bond acceptors (Lipinski definition) is 8. The van der Waals surface area contributed by atoms with Crippen LogP contribution in [0, 0.1) is 0 Å². The van der Waals surface area contributed by atoms with Crippen LogP contribution in [-0.2, 0) is 9.59 Å². The molecular weight excluding hydrogens is 444 g/mol. The number of nitrogen functional groups attached to an aromatic ring is 1. The molecule has 10 heteroatoms. The van der Waals surface area contributed by atoms with Gasteiger partial charge >= 0.3 is 0 Å². The Labute approximate surface area is 195 Å². The SMILES string of the molecule is Nc1ncnc2c1N(c1ccc(Oc3ccccc3)cc1)C(C=O)N2C1CN(C(=O)CCl)C1. The maximum absolute atomic E-state index is 12.3. The van der Waals surface area contributed by atoms with Crippen LogP contribution in [0.5, 0.6) is 11.5 Å². The summed E-state index contributed by atoms with van der Waals surface area (Å²) in [5, 5.41) is 0. The molecule has 0 bridgehead atoms. The van der Waals surface area contributed by atoms with Crippen LogP contribution in [0.15, 0.2) is 60.9 Å². The Kier molecular flexibility index (Phi) is 5.47. The second-order valence-electron chi connectivity index (χ2n) is 7.75. The molecule has 1 fully saturated rings. The normalized spacial score (nSPS) is 17.5. The van der Waals surface area contributed by atoms with Crippen molar-refractivity contribution in [3.05, 3.63) is 60.9 Å². The van der Waals surface area contributed by atoms with Crippen molar-refractivity contribution in [1.82, 2.24) is 14.9 Å². The van der Waals surface area contributed by atoms with E-state index < -0.39 is 6.17 Å². The van der Waals surface area contributed by atoms with Crippen molar-refractivity contribution >= 4 is 46.8 Å². The number of likely N-dealkylation sites (tertiary alicyclic amines) is 1. The number of alkyl halides is 1. The number of amides is 1. The van der Waals surface area contributed by atoms with Gasteiger partial charge in [-0.15, -0.1) is 11.6 Å². The van der Waals surface area contributed by atoms with Gasteiger partial charge in [-0.1, -0.05) is 18.2 Å². The number of hydrogen-bond donors (Lipinski definition) is 1. The van der Waals surface area contributed by atoms with Gasteiger partial charge in [-0.2, -0.15) is 0 Å². The average molecular weight is 465 g/mol. The summed E-state index contributed by atoms with van der Waals surface area (Å²) < 4.78 is 5.88. The Balaban J connectivity index is 1.45. The molecule has 1 aromatic heterocycles. The van der Waals surface area contributed by atoms with Crippen LogP contribution in [0.4, 0.5) is 23.0 Å². The van der Waals surface area contributed by atoms with Gasteiger partial charge in [0.1, 0.15) is 29.4 Å². The van der Waals surface area contributed by atoms with E-state index in [4.69, 9.17) is 22.1 Å². The minimum absolute atomic E-state index is 0.0704. The van der Waals surface area contributed by atoms with E-state index in [1.165, 1.54) is 6.33 Å². The van der Waals surface area contributed by atoms with Gasteiger partial charge in [0.15, 0.2) is 24.1 Å².